The van der Waals surface area contributed by atoms with E-state index in [-0.39, 0.29) is 28.2 Å². The van der Waals surface area contributed by atoms with Crippen molar-refractivity contribution in [2.75, 3.05) is 19.3 Å². The van der Waals surface area contributed by atoms with Gasteiger partial charge < -0.3 is 5.73 Å². The molecule has 1 aromatic carbocycles. The summed E-state index contributed by atoms with van der Waals surface area (Å²) in [4.78, 5) is 0.237. The van der Waals surface area contributed by atoms with Crippen LogP contribution < -0.4 is 5.73 Å². The van der Waals surface area contributed by atoms with E-state index in [0.29, 0.717) is 19.0 Å². The quantitative estimate of drug-likeness (QED) is 0.845. The number of nitrogens with zero attached hydrogens (tertiary/aromatic N) is 1. The van der Waals surface area contributed by atoms with Gasteiger partial charge in [0.1, 0.15) is 0 Å². The molecule has 1 saturated heterocycles. The zero-order valence-electron chi connectivity index (χ0n) is 13.2. The molecule has 1 heterocycles. The van der Waals surface area contributed by atoms with Crippen molar-refractivity contribution in [2.24, 2.45) is 11.7 Å². The van der Waals surface area contributed by atoms with E-state index in [1.807, 2.05) is 6.92 Å². The van der Waals surface area contributed by atoms with Gasteiger partial charge in [0.2, 0.25) is 10.0 Å². The zero-order chi connectivity index (χ0) is 16.5. The van der Waals surface area contributed by atoms with E-state index in [0.717, 1.165) is 19.1 Å². The van der Waals surface area contributed by atoms with Crippen molar-refractivity contribution < 1.29 is 16.8 Å². The summed E-state index contributed by atoms with van der Waals surface area (Å²) in [6, 6.07) is 5.43. The number of sulfone groups is 1. The minimum atomic E-state index is -3.58. The van der Waals surface area contributed by atoms with Crippen LogP contribution in [0.1, 0.15) is 19.8 Å². The lowest BCUT2D eigenvalue weighted by atomic mass is 9.92. The van der Waals surface area contributed by atoms with Gasteiger partial charge in [0.25, 0.3) is 0 Å². The molecule has 0 spiro atoms. The fourth-order valence-electron chi connectivity index (χ4n) is 2.65. The summed E-state index contributed by atoms with van der Waals surface area (Å²) in [5, 5.41) is 0. The van der Waals surface area contributed by atoms with Crippen LogP contribution in [-0.2, 0) is 19.9 Å². The number of rotatable bonds is 4. The van der Waals surface area contributed by atoms with Crippen molar-refractivity contribution in [1.29, 1.82) is 0 Å². The van der Waals surface area contributed by atoms with Gasteiger partial charge in [-0.15, -0.1) is 12.4 Å². The van der Waals surface area contributed by atoms with Crippen molar-refractivity contribution in [3.8, 4) is 0 Å². The lowest BCUT2D eigenvalue weighted by molar-refractivity contribution is 0.250. The van der Waals surface area contributed by atoms with Crippen LogP contribution >= 0.6 is 12.4 Å². The highest BCUT2D eigenvalue weighted by Crippen LogP contribution is 2.25. The van der Waals surface area contributed by atoms with E-state index >= 15 is 0 Å². The number of hydrogen-bond donors (Lipinski definition) is 1. The molecule has 1 unspecified atom stereocenters. The maximum atomic E-state index is 12.6. The molecule has 132 valence electrons. The van der Waals surface area contributed by atoms with E-state index in [4.69, 9.17) is 5.73 Å². The first-order valence-corrected chi connectivity index (χ1v) is 10.5. The molecular weight excluding hydrogens is 360 g/mol. The first-order valence-electron chi connectivity index (χ1n) is 7.18. The summed E-state index contributed by atoms with van der Waals surface area (Å²) in [6.07, 6.45) is 2.59. The molecular formula is C14H23ClN2O4S2. The number of piperidine rings is 1. The molecule has 0 aromatic heterocycles. The minimum absolute atomic E-state index is 0. The molecule has 9 heteroatoms. The van der Waals surface area contributed by atoms with Crippen molar-refractivity contribution in [3.63, 3.8) is 0 Å². The van der Waals surface area contributed by atoms with Crippen LogP contribution in [0.4, 0.5) is 0 Å². The third kappa shape index (κ3) is 4.67. The predicted molar refractivity (Wildman–Crippen MR) is 91.9 cm³/mol. The highest BCUT2D eigenvalue weighted by atomic mass is 35.5. The molecule has 1 fully saturated rings. The topological polar surface area (TPSA) is 97.5 Å². The van der Waals surface area contributed by atoms with Gasteiger partial charge in [-0.3, -0.25) is 0 Å². The Morgan fingerprint density at radius 3 is 1.87 bits per heavy atom. The van der Waals surface area contributed by atoms with Crippen LogP contribution in [0.5, 0.6) is 0 Å². The number of hydrogen-bond acceptors (Lipinski definition) is 5. The number of halogens is 1. The Labute approximate surface area is 144 Å². The van der Waals surface area contributed by atoms with Gasteiger partial charge in [0.05, 0.1) is 9.79 Å². The Bertz CT molecular complexity index is 723. The van der Waals surface area contributed by atoms with E-state index in [1.165, 1.54) is 28.6 Å². The van der Waals surface area contributed by atoms with Crippen LogP contribution in [0.15, 0.2) is 34.1 Å². The highest BCUT2D eigenvalue weighted by Gasteiger charge is 2.30. The molecule has 0 aliphatic carbocycles. The van der Waals surface area contributed by atoms with Gasteiger partial charge in [-0.25, -0.2) is 16.8 Å². The highest BCUT2D eigenvalue weighted by molar-refractivity contribution is 7.90. The maximum absolute atomic E-state index is 12.6. The molecule has 23 heavy (non-hydrogen) atoms. The Kier molecular flexibility index (Phi) is 6.63. The molecule has 0 bridgehead atoms. The second-order valence-electron chi connectivity index (χ2n) is 5.84. The van der Waals surface area contributed by atoms with Gasteiger partial charge >= 0.3 is 0 Å². The third-order valence-corrected chi connectivity index (χ3v) is 7.17. The summed E-state index contributed by atoms with van der Waals surface area (Å²) in [6.45, 7) is 2.84. The molecule has 0 radical (unpaired) electrons. The summed E-state index contributed by atoms with van der Waals surface area (Å²) in [5.74, 6) is 0.346. The Morgan fingerprint density at radius 1 is 1.04 bits per heavy atom. The molecule has 6 nitrogen and oxygen atoms in total. The molecule has 0 amide bonds. The van der Waals surface area contributed by atoms with Gasteiger partial charge in [0.15, 0.2) is 9.84 Å². The smallest absolute Gasteiger partial charge is 0.243 e. The molecule has 1 aliphatic rings. The fourth-order valence-corrected chi connectivity index (χ4v) is 4.75. The van der Waals surface area contributed by atoms with Crippen LogP contribution in [0, 0.1) is 5.92 Å². The maximum Gasteiger partial charge on any atom is 0.243 e. The molecule has 1 aliphatic heterocycles. The average molecular weight is 383 g/mol. The summed E-state index contributed by atoms with van der Waals surface area (Å²) in [5.41, 5.74) is 5.87. The minimum Gasteiger partial charge on any atom is -0.328 e. The van der Waals surface area contributed by atoms with Crippen molar-refractivity contribution in [3.05, 3.63) is 24.3 Å². The van der Waals surface area contributed by atoms with E-state index < -0.39 is 19.9 Å². The molecule has 2 rings (SSSR count). The lowest BCUT2D eigenvalue weighted by Crippen LogP contribution is -2.42. The SMILES string of the molecule is CC(N)C1CCN(S(=O)(=O)c2ccc(S(C)(=O)=O)cc2)CC1.Cl. The second kappa shape index (κ2) is 7.48. The molecule has 1 aromatic rings. The molecule has 2 N–H and O–H groups in total. The summed E-state index contributed by atoms with van der Waals surface area (Å²) >= 11 is 0. The fraction of sp³-hybridized carbons (Fsp3) is 0.571. The normalized spacial score (nSPS) is 19.1. The first kappa shape index (κ1) is 20.4. The Morgan fingerprint density at radius 2 is 1.48 bits per heavy atom. The van der Waals surface area contributed by atoms with Gasteiger partial charge in [-0.05, 0) is 49.9 Å². The Hall–Kier alpha value is -0.670. The summed E-state index contributed by atoms with van der Waals surface area (Å²) in [7, 11) is -6.90. The van der Waals surface area contributed by atoms with Crippen LogP contribution in [0.2, 0.25) is 0 Å². The van der Waals surface area contributed by atoms with E-state index in [2.05, 4.69) is 0 Å². The van der Waals surface area contributed by atoms with Crippen LogP contribution in [-0.4, -0.2) is 46.5 Å². The predicted octanol–water partition coefficient (Wildman–Crippen LogP) is 1.26. The monoisotopic (exact) mass is 382 g/mol. The zero-order valence-corrected chi connectivity index (χ0v) is 15.6. The average Bonchev–Trinajstić information content (AvgIpc) is 2.46. The summed E-state index contributed by atoms with van der Waals surface area (Å²) < 4.78 is 49.4. The first-order chi connectivity index (χ1) is 10.1. The number of benzene rings is 1. The van der Waals surface area contributed by atoms with Gasteiger partial charge in [-0.2, -0.15) is 4.31 Å². The van der Waals surface area contributed by atoms with E-state index in [9.17, 15) is 16.8 Å². The lowest BCUT2D eigenvalue weighted by Gasteiger charge is -2.32. The van der Waals surface area contributed by atoms with Gasteiger partial charge in [0, 0.05) is 25.4 Å². The third-order valence-electron chi connectivity index (χ3n) is 4.13. The van der Waals surface area contributed by atoms with E-state index in [1.54, 1.807) is 0 Å². The van der Waals surface area contributed by atoms with Crippen molar-refractivity contribution in [2.45, 2.75) is 35.6 Å². The Balaban J connectivity index is 0.00000264. The number of sulfonamides is 1. The number of nitrogens with two attached hydrogens (primary N) is 1. The largest absolute Gasteiger partial charge is 0.328 e. The van der Waals surface area contributed by atoms with Gasteiger partial charge in [-0.1, -0.05) is 0 Å². The van der Waals surface area contributed by atoms with Crippen molar-refractivity contribution in [1.82, 2.24) is 4.31 Å². The van der Waals surface area contributed by atoms with Crippen LogP contribution in [0.25, 0.3) is 0 Å². The second-order valence-corrected chi connectivity index (χ2v) is 9.80. The van der Waals surface area contributed by atoms with Crippen molar-refractivity contribution >= 4 is 32.3 Å². The van der Waals surface area contributed by atoms with Crippen LogP contribution in [0.3, 0.4) is 0 Å². The molecule has 1 atom stereocenters. The molecule has 0 saturated carbocycles. The standard InChI is InChI=1S/C14H22N2O4S2.ClH/c1-11(15)12-7-9-16(10-8-12)22(19,20)14-5-3-13(4-6-14)21(2,17)18;/h3-6,11-12H,7-10,15H2,1-2H3;1H.